The number of carbonyl (C=O) groups excluding carboxylic acids is 1. The third kappa shape index (κ3) is 3.64. The lowest BCUT2D eigenvalue weighted by Gasteiger charge is -2.43. The molecule has 4 rings (SSSR count). The summed E-state index contributed by atoms with van der Waals surface area (Å²) in [6, 6.07) is 14.8. The van der Waals surface area contributed by atoms with Gasteiger partial charge in [-0.2, -0.15) is 0 Å². The smallest absolute Gasteiger partial charge is 0.241 e. The topological polar surface area (TPSA) is 66.9 Å². The summed E-state index contributed by atoms with van der Waals surface area (Å²) in [6.45, 7) is 2.80. The highest BCUT2D eigenvalue weighted by Gasteiger charge is 2.49. The summed E-state index contributed by atoms with van der Waals surface area (Å²) in [6.07, 6.45) is 0. The van der Waals surface area contributed by atoms with E-state index in [1.54, 1.807) is 24.1 Å². The van der Waals surface area contributed by atoms with Gasteiger partial charge in [-0.3, -0.25) is 9.69 Å². The van der Waals surface area contributed by atoms with Crippen LogP contribution in [0.1, 0.15) is 11.1 Å². The summed E-state index contributed by atoms with van der Waals surface area (Å²) >= 11 is 0. The van der Waals surface area contributed by atoms with Gasteiger partial charge in [0, 0.05) is 18.3 Å². The van der Waals surface area contributed by atoms with Gasteiger partial charge in [-0.1, -0.05) is 29.8 Å². The number of hydrogen-bond acceptors (Lipinski definition) is 5. The van der Waals surface area contributed by atoms with Crippen molar-refractivity contribution in [3.63, 3.8) is 0 Å². The number of ether oxygens (including phenoxy) is 1. The average molecular weight is 401 g/mol. The van der Waals surface area contributed by atoms with Crippen molar-refractivity contribution >= 4 is 21.4 Å². The summed E-state index contributed by atoms with van der Waals surface area (Å²) in [7, 11) is -1.61. The maximum Gasteiger partial charge on any atom is 0.241 e. The number of piperazine rings is 1. The van der Waals surface area contributed by atoms with Crippen LogP contribution in [0.5, 0.6) is 5.75 Å². The second-order valence-electron chi connectivity index (χ2n) is 7.56. The minimum Gasteiger partial charge on any atom is -0.497 e. The van der Waals surface area contributed by atoms with Crippen molar-refractivity contribution < 1.29 is 17.9 Å². The van der Waals surface area contributed by atoms with Crippen LogP contribution in [-0.2, 0) is 21.2 Å². The fourth-order valence-corrected chi connectivity index (χ4v) is 6.12. The van der Waals surface area contributed by atoms with Crippen molar-refractivity contribution in [1.82, 2.24) is 4.90 Å². The summed E-state index contributed by atoms with van der Waals surface area (Å²) in [5.41, 5.74) is 2.97. The number of benzene rings is 2. The Hall–Kier alpha value is -2.38. The van der Waals surface area contributed by atoms with Crippen LogP contribution in [0, 0.1) is 6.92 Å². The SMILES string of the molecule is COc1ccc(N2C(=O)CN(Cc3ccc(C)cc3)C3CS(=O)(=O)CC32)cc1. The second-order valence-corrected chi connectivity index (χ2v) is 9.72. The molecule has 148 valence electrons. The molecule has 0 N–H and O–H groups in total. The molecule has 0 bridgehead atoms. The van der Waals surface area contributed by atoms with E-state index in [2.05, 4.69) is 0 Å². The molecule has 2 aromatic rings. The van der Waals surface area contributed by atoms with Crippen LogP contribution in [0.15, 0.2) is 48.5 Å². The summed E-state index contributed by atoms with van der Waals surface area (Å²) in [4.78, 5) is 16.7. The van der Waals surface area contributed by atoms with E-state index < -0.39 is 9.84 Å². The lowest BCUT2D eigenvalue weighted by molar-refractivity contribution is -0.123. The Balaban J connectivity index is 1.64. The maximum atomic E-state index is 13.0. The van der Waals surface area contributed by atoms with E-state index in [1.165, 1.54) is 5.56 Å². The first-order chi connectivity index (χ1) is 13.4. The number of aryl methyl sites for hydroxylation is 1. The third-order valence-corrected chi connectivity index (χ3v) is 7.26. The molecule has 2 saturated heterocycles. The predicted molar refractivity (Wildman–Crippen MR) is 108 cm³/mol. The first-order valence-electron chi connectivity index (χ1n) is 9.32. The molecule has 0 radical (unpaired) electrons. The third-order valence-electron chi connectivity index (χ3n) is 5.56. The standard InChI is InChI=1S/C21H24N2O4S/c1-15-3-5-16(6-4-15)11-22-12-21(24)23(17-7-9-18(27-2)10-8-17)20-14-28(25,26)13-19(20)22/h3-10,19-20H,11-14H2,1-2H3. The summed E-state index contributed by atoms with van der Waals surface area (Å²) in [5.74, 6) is 0.712. The molecule has 7 heteroatoms. The van der Waals surface area contributed by atoms with E-state index in [1.807, 2.05) is 48.2 Å². The number of rotatable bonds is 4. The van der Waals surface area contributed by atoms with Gasteiger partial charge >= 0.3 is 0 Å². The molecule has 2 aromatic carbocycles. The molecule has 2 heterocycles. The van der Waals surface area contributed by atoms with Crippen LogP contribution in [0.3, 0.4) is 0 Å². The predicted octanol–water partition coefficient (Wildman–Crippen LogP) is 2.02. The Kier molecular flexibility index (Phi) is 4.89. The number of amides is 1. The maximum absolute atomic E-state index is 13.0. The average Bonchev–Trinajstić information content (AvgIpc) is 2.99. The highest BCUT2D eigenvalue weighted by Crippen LogP contribution is 2.33. The molecule has 2 atom stereocenters. The molecule has 0 saturated carbocycles. The van der Waals surface area contributed by atoms with Gasteiger partial charge in [0.25, 0.3) is 0 Å². The number of anilines is 1. The largest absolute Gasteiger partial charge is 0.497 e. The van der Waals surface area contributed by atoms with E-state index >= 15 is 0 Å². The fourth-order valence-electron chi connectivity index (χ4n) is 4.14. The highest BCUT2D eigenvalue weighted by atomic mass is 32.2. The Morgan fingerprint density at radius 1 is 1.00 bits per heavy atom. The molecule has 2 aliphatic rings. The normalized spacial score (nSPS) is 24.2. The lowest BCUT2D eigenvalue weighted by Crippen LogP contribution is -2.61. The van der Waals surface area contributed by atoms with E-state index in [0.29, 0.717) is 18.0 Å². The van der Waals surface area contributed by atoms with Crippen molar-refractivity contribution in [2.75, 3.05) is 30.1 Å². The molecule has 0 aromatic heterocycles. The van der Waals surface area contributed by atoms with Gasteiger partial charge in [0.2, 0.25) is 5.91 Å². The van der Waals surface area contributed by atoms with E-state index in [9.17, 15) is 13.2 Å². The van der Waals surface area contributed by atoms with Gasteiger partial charge in [-0.25, -0.2) is 8.42 Å². The van der Waals surface area contributed by atoms with Crippen LogP contribution in [-0.4, -0.2) is 56.5 Å². The van der Waals surface area contributed by atoms with E-state index in [0.717, 1.165) is 5.56 Å². The fraction of sp³-hybridized carbons (Fsp3) is 0.381. The van der Waals surface area contributed by atoms with Gasteiger partial charge in [0.1, 0.15) is 5.75 Å². The molecule has 0 aliphatic carbocycles. The molecule has 1 amide bonds. The molecular formula is C21H24N2O4S. The number of sulfone groups is 1. The zero-order valence-corrected chi connectivity index (χ0v) is 16.9. The number of carbonyl (C=O) groups is 1. The number of fused-ring (bicyclic) bond motifs is 1. The number of hydrogen-bond donors (Lipinski definition) is 0. The zero-order valence-electron chi connectivity index (χ0n) is 16.0. The van der Waals surface area contributed by atoms with Gasteiger partial charge in [0.05, 0.1) is 31.2 Å². The molecule has 2 fully saturated rings. The van der Waals surface area contributed by atoms with Crippen molar-refractivity contribution in [3.8, 4) is 5.75 Å². The van der Waals surface area contributed by atoms with E-state index in [4.69, 9.17) is 4.74 Å². The first-order valence-corrected chi connectivity index (χ1v) is 11.1. The monoisotopic (exact) mass is 400 g/mol. The Bertz CT molecular complexity index is 970. The highest BCUT2D eigenvalue weighted by molar-refractivity contribution is 7.91. The molecule has 2 unspecified atom stereocenters. The van der Waals surface area contributed by atoms with Crippen molar-refractivity contribution in [2.24, 2.45) is 0 Å². The molecule has 0 spiro atoms. The number of nitrogens with zero attached hydrogens (tertiary/aromatic N) is 2. The van der Waals surface area contributed by atoms with Gasteiger partial charge in [-0.15, -0.1) is 0 Å². The second kappa shape index (κ2) is 7.22. The molecule has 6 nitrogen and oxygen atoms in total. The van der Waals surface area contributed by atoms with E-state index in [-0.39, 0.29) is 36.0 Å². The van der Waals surface area contributed by atoms with Gasteiger partial charge < -0.3 is 9.64 Å². The van der Waals surface area contributed by atoms with Gasteiger partial charge in [0.15, 0.2) is 9.84 Å². The Morgan fingerprint density at radius 2 is 1.64 bits per heavy atom. The van der Waals surface area contributed by atoms with Crippen LogP contribution in [0.2, 0.25) is 0 Å². The minimum atomic E-state index is -3.20. The minimum absolute atomic E-state index is 0.000165. The van der Waals surface area contributed by atoms with Crippen LogP contribution >= 0.6 is 0 Å². The summed E-state index contributed by atoms with van der Waals surface area (Å²) < 4.78 is 30.1. The Labute approximate surface area is 165 Å². The van der Waals surface area contributed by atoms with Crippen LogP contribution in [0.25, 0.3) is 0 Å². The Morgan fingerprint density at radius 3 is 2.29 bits per heavy atom. The molecule has 28 heavy (non-hydrogen) atoms. The number of methoxy groups -OCH3 is 1. The van der Waals surface area contributed by atoms with Crippen LogP contribution < -0.4 is 9.64 Å². The zero-order chi connectivity index (χ0) is 19.9. The summed E-state index contributed by atoms with van der Waals surface area (Å²) in [5, 5.41) is 0. The van der Waals surface area contributed by atoms with Crippen molar-refractivity contribution in [3.05, 3.63) is 59.7 Å². The molecule has 2 aliphatic heterocycles. The van der Waals surface area contributed by atoms with Crippen molar-refractivity contribution in [2.45, 2.75) is 25.6 Å². The molecular weight excluding hydrogens is 376 g/mol. The first kappa shape index (κ1) is 19.0. The lowest BCUT2D eigenvalue weighted by atomic mass is 10.0. The van der Waals surface area contributed by atoms with Crippen LogP contribution in [0.4, 0.5) is 5.69 Å². The van der Waals surface area contributed by atoms with Crippen molar-refractivity contribution in [1.29, 1.82) is 0 Å². The quantitative estimate of drug-likeness (QED) is 0.786. The van der Waals surface area contributed by atoms with Gasteiger partial charge in [-0.05, 0) is 36.8 Å².